The molecule has 0 nitrogen and oxygen atoms in total. The quantitative estimate of drug-likeness (QED) is 0.580. The van der Waals surface area contributed by atoms with Crippen molar-refractivity contribution in [3.05, 3.63) is 45.6 Å². The van der Waals surface area contributed by atoms with Gasteiger partial charge in [-0.2, -0.15) is 0 Å². The molecule has 1 aromatic carbocycles. The summed E-state index contributed by atoms with van der Waals surface area (Å²) < 4.78 is 1.34. The van der Waals surface area contributed by atoms with Crippen molar-refractivity contribution in [2.24, 2.45) is 0 Å². The standard InChI is InChI=1S/C11H13I/c1-3-9(2)8-10-6-4-5-7-11(10)12/h4-7H,2-3,8H2,1H3. The van der Waals surface area contributed by atoms with Gasteiger partial charge in [0.1, 0.15) is 0 Å². The summed E-state index contributed by atoms with van der Waals surface area (Å²) in [6, 6.07) is 8.46. The second-order valence-corrected chi connectivity index (χ2v) is 4.03. The molecule has 64 valence electrons. The monoisotopic (exact) mass is 272 g/mol. The molecule has 0 saturated carbocycles. The van der Waals surface area contributed by atoms with Crippen LogP contribution in [0.5, 0.6) is 0 Å². The van der Waals surface area contributed by atoms with Gasteiger partial charge in [0.25, 0.3) is 0 Å². The summed E-state index contributed by atoms with van der Waals surface area (Å²) in [5, 5.41) is 0. The maximum Gasteiger partial charge on any atom is 0.0165 e. The molecule has 0 aliphatic heterocycles. The summed E-state index contributed by atoms with van der Waals surface area (Å²) in [5.41, 5.74) is 2.70. The number of hydrogen-bond donors (Lipinski definition) is 0. The molecule has 0 heterocycles. The molecule has 0 radical (unpaired) electrons. The third kappa shape index (κ3) is 2.63. The third-order valence-corrected chi connectivity index (χ3v) is 2.95. The van der Waals surface area contributed by atoms with Crippen molar-refractivity contribution in [1.82, 2.24) is 0 Å². The molecule has 0 aliphatic carbocycles. The Labute approximate surface area is 87.8 Å². The molecule has 0 amide bonds. The summed E-state index contributed by atoms with van der Waals surface area (Å²) >= 11 is 2.37. The molecule has 0 spiro atoms. The predicted octanol–water partition coefficient (Wildman–Crippen LogP) is 3.80. The predicted molar refractivity (Wildman–Crippen MR) is 62.3 cm³/mol. The Kier molecular flexibility index (Phi) is 3.79. The van der Waals surface area contributed by atoms with Gasteiger partial charge in [0.2, 0.25) is 0 Å². The van der Waals surface area contributed by atoms with Crippen molar-refractivity contribution in [1.29, 1.82) is 0 Å². The lowest BCUT2D eigenvalue weighted by Gasteiger charge is -2.04. The summed E-state index contributed by atoms with van der Waals surface area (Å²) in [4.78, 5) is 0. The lowest BCUT2D eigenvalue weighted by molar-refractivity contribution is 1.01. The molecule has 0 aromatic heterocycles. The summed E-state index contributed by atoms with van der Waals surface area (Å²) in [7, 11) is 0. The van der Waals surface area contributed by atoms with Crippen LogP contribution in [0.25, 0.3) is 0 Å². The van der Waals surface area contributed by atoms with Crippen LogP contribution in [0.3, 0.4) is 0 Å². The van der Waals surface area contributed by atoms with Crippen LogP contribution in [-0.2, 0) is 6.42 Å². The van der Waals surface area contributed by atoms with E-state index in [2.05, 4.69) is 60.4 Å². The average molecular weight is 272 g/mol. The van der Waals surface area contributed by atoms with Crippen molar-refractivity contribution >= 4 is 22.6 Å². The first-order chi connectivity index (χ1) is 5.74. The van der Waals surface area contributed by atoms with Gasteiger partial charge in [-0.3, -0.25) is 0 Å². The zero-order valence-electron chi connectivity index (χ0n) is 7.31. The Morgan fingerprint density at radius 2 is 2.08 bits per heavy atom. The van der Waals surface area contributed by atoms with E-state index in [9.17, 15) is 0 Å². The minimum Gasteiger partial charge on any atom is -0.0995 e. The fourth-order valence-corrected chi connectivity index (χ4v) is 1.61. The van der Waals surface area contributed by atoms with Gasteiger partial charge in [0.05, 0.1) is 0 Å². The number of rotatable bonds is 3. The molecule has 0 saturated heterocycles. The van der Waals surface area contributed by atoms with Crippen molar-refractivity contribution < 1.29 is 0 Å². The minimum atomic E-state index is 1.02. The molecule has 0 N–H and O–H groups in total. The SMILES string of the molecule is C=C(CC)Cc1ccccc1I. The second kappa shape index (κ2) is 4.65. The van der Waals surface area contributed by atoms with E-state index in [1.165, 1.54) is 14.7 Å². The Balaban J connectivity index is 2.75. The van der Waals surface area contributed by atoms with Crippen molar-refractivity contribution in [3.63, 3.8) is 0 Å². The largest absolute Gasteiger partial charge is 0.0995 e. The van der Waals surface area contributed by atoms with E-state index in [4.69, 9.17) is 0 Å². The third-order valence-electron chi connectivity index (χ3n) is 1.90. The van der Waals surface area contributed by atoms with Gasteiger partial charge >= 0.3 is 0 Å². The number of benzene rings is 1. The lowest BCUT2D eigenvalue weighted by Crippen LogP contribution is -1.90. The molecular weight excluding hydrogens is 259 g/mol. The molecule has 12 heavy (non-hydrogen) atoms. The fraction of sp³-hybridized carbons (Fsp3) is 0.273. The van der Waals surface area contributed by atoms with E-state index in [1.807, 2.05) is 0 Å². The highest BCUT2D eigenvalue weighted by molar-refractivity contribution is 14.1. The van der Waals surface area contributed by atoms with Crippen LogP contribution in [0.1, 0.15) is 18.9 Å². The number of halogens is 1. The van der Waals surface area contributed by atoms with Gasteiger partial charge in [-0.25, -0.2) is 0 Å². The van der Waals surface area contributed by atoms with E-state index in [-0.39, 0.29) is 0 Å². The fourth-order valence-electron chi connectivity index (χ4n) is 1.04. The highest BCUT2D eigenvalue weighted by Gasteiger charge is 1.98. The van der Waals surface area contributed by atoms with Crippen LogP contribution in [0.2, 0.25) is 0 Å². The molecule has 0 unspecified atom stereocenters. The van der Waals surface area contributed by atoms with Gasteiger partial charge in [-0.05, 0) is 47.1 Å². The first-order valence-electron chi connectivity index (χ1n) is 4.14. The van der Waals surface area contributed by atoms with Gasteiger partial charge < -0.3 is 0 Å². The Hall–Kier alpha value is -0.310. The zero-order valence-corrected chi connectivity index (χ0v) is 9.47. The Morgan fingerprint density at radius 3 is 2.67 bits per heavy atom. The first kappa shape index (κ1) is 9.78. The van der Waals surface area contributed by atoms with Gasteiger partial charge in [-0.1, -0.05) is 37.3 Å². The molecule has 0 atom stereocenters. The second-order valence-electron chi connectivity index (χ2n) is 2.87. The number of allylic oxidation sites excluding steroid dienone is 1. The van der Waals surface area contributed by atoms with Crippen molar-refractivity contribution in [3.8, 4) is 0 Å². The smallest absolute Gasteiger partial charge is 0.0165 e. The molecule has 1 rings (SSSR count). The zero-order chi connectivity index (χ0) is 8.97. The molecule has 0 bridgehead atoms. The Bertz CT molecular complexity index is 276. The molecule has 0 aliphatic rings. The highest BCUT2D eigenvalue weighted by Crippen LogP contribution is 2.15. The van der Waals surface area contributed by atoms with Crippen LogP contribution >= 0.6 is 22.6 Å². The maximum atomic E-state index is 4.01. The molecular formula is C11H13I. The normalized spacial score (nSPS) is 9.83. The maximum absolute atomic E-state index is 4.01. The number of hydrogen-bond acceptors (Lipinski definition) is 0. The van der Waals surface area contributed by atoms with Gasteiger partial charge in [0.15, 0.2) is 0 Å². The van der Waals surface area contributed by atoms with E-state index in [1.54, 1.807) is 0 Å². The van der Waals surface area contributed by atoms with E-state index >= 15 is 0 Å². The van der Waals surface area contributed by atoms with E-state index in [0.29, 0.717) is 0 Å². The van der Waals surface area contributed by atoms with Gasteiger partial charge in [0, 0.05) is 3.57 Å². The topological polar surface area (TPSA) is 0 Å². The first-order valence-corrected chi connectivity index (χ1v) is 5.22. The minimum absolute atomic E-state index is 1.02. The van der Waals surface area contributed by atoms with Crippen molar-refractivity contribution in [2.45, 2.75) is 19.8 Å². The molecule has 0 fully saturated rings. The van der Waals surface area contributed by atoms with Crippen LogP contribution in [0, 0.1) is 3.57 Å². The van der Waals surface area contributed by atoms with Crippen LogP contribution in [0.4, 0.5) is 0 Å². The Morgan fingerprint density at radius 1 is 1.42 bits per heavy atom. The van der Waals surface area contributed by atoms with Crippen LogP contribution in [0.15, 0.2) is 36.4 Å². The summed E-state index contributed by atoms with van der Waals surface area (Å²) in [5.74, 6) is 0. The highest BCUT2D eigenvalue weighted by atomic mass is 127. The summed E-state index contributed by atoms with van der Waals surface area (Å²) in [6.07, 6.45) is 2.10. The lowest BCUT2D eigenvalue weighted by atomic mass is 10.1. The van der Waals surface area contributed by atoms with Crippen LogP contribution in [-0.4, -0.2) is 0 Å². The van der Waals surface area contributed by atoms with E-state index in [0.717, 1.165) is 12.8 Å². The van der Waals surface area contributed by atoms with E-state index < -0.39 is 0 Å². The summed E-state index contributed by atoms with van der Waals surface area (Å²) in [6.45, 7) is 6.16. The van der Waals surface area contributed by atoms with Crippen LogP contribution < -0.4 is 0 Å². The van der Waals surface area contributed by atoms with Crippen molar-refractivity contribution in [2.75, 3.05) is 0 Å². The molecule has 1 aromatic rings. The molecule has 1 heteroatoms. The van der Waals surface area contributed by atoms with Gasteiger partial charge in [-0.15, -0.1) is 0 Å². The average Bonchev–Trinajstić information content (AvgIpc) is 2.09.